The molecule has 1 saturated heterocycles. The van der Waals surface area contributed by atoms with Crippen molar-refractivity contribution in [2.24, 2.45) is 0 Å². The van der Waals surface area contributed by atoms with Gasteiger partial charge in [0.2, 0.25) is 11.8 Å². The monoisotopic (exact) mass is 426 g/mol. The van der Waals surface area contributed by atoms with Crippen LogP contribution in [0.25, 0.3) is 0 Å². The van der Waals surface area contributed by atoms with Gasteiger partial charge in [-0.05, 0) is 50.1 Å². The Labute approximate surface area is 182 Å². The lowest BCUT2D eigenvalue weighted by Crippen LogP contribution is -2.53. The van der Waals surface area contributed by atoms with Gasteiger partial charge in [0.05, 0.1) is 6.26 Å². The second-order valence-corrected chi connectivity index (χ2v) is 7.74. The van der Waals surface area contributed by atoms with Gasteiger partial charge in [-0.25, -0.2) is 0 Å². The van der Waals surface area contributed by atoms with Crippen molar-refractivity contribution in [2.45, 2.75) is 39.7 Å². The van der Waals surface area contributed by atoms with Crippen LogP contribution in [0.4, 0.5) is 11.4 Å². The van der Waals surface area contributed by atoms with Crippen LogP contribution in [-0.2, 0) is 9.59 Å². The summed E-state index contributed by atoms with van der Waals surface area (Å²) in [5.74, 6) is 0.121. The zero-order valence-electron chi connectivity index (χ0n) is 18.3. The Morgan fingerprint density at radius 2 is 1.71 bits per heavy atom. The molecule has 2 aromatic rings. The van der Waals surface area contributed by atoms with Gasteiger partial charge in [-0.1, -0.05) is 13.0 Å². The van der Waals surface area contributed by atoms with E-state index in [1.54, 1.807) is 21.9 Å². The number of carbonyl (C=O) groups excluding carboxylic acids is 3. The second-order valence-electron chi connectivity index (χ2n) is 7.74. The number of nitrogens with zero attached hydrogens (tertiary/aromatic N) is 2. The quantitative estimate of drug-likeness (QED) is 0.709. The van der Waals surface area contributed by atoms with Gasteiger partial charge in [0.15, 0.2) is 5.76 Å². The van der Waals surface area contributed by atoms with Gasteiger partial charge in [0, 0.05) is 44.0 Å². The molecule has 2 heterocycles. The highest BCUT2D eigenvalue weighted by Crippen LogP contribution is 2.24. The van der Waals surface area contributed by atoms with Gasteiger partial charge < -0.3 is 24.9 Å². The fourth-order valence-electron chi connectivity index (χ4n) is 3.62. The smallest absolute Gasteiger partial charge is 0.289 e. The minimum absolute atomic E-state index is 0.0196. The molecule has 0 spiro atoms. The first-order valence-corrected chi connectivity index (χ1v) is 10.7. The summed E-state index contributed by atoms with van der Waals surface area (Å²) in [6.07, 6.45) is 2.74. The number of carbonyl (C=O) groups is 3. The average molecular weight is 427 g/mol. The Balaban J connectivity index is 1.56. The van der Waals surface area contributed by atoms with Crippen molar-refractivity contribution < 1.29 is 18.8 Å². The number of anilines is 2. The maximum atomic E-state index is 12.9. The fourth-order valence-corrected chi connectivity index (χ4v) is 3.62. The third-order valence-corrected chi connectivity index (χ3v) is 5.44. The van der Waals surface area contributed by atoms with Crippen molar-refractivity contribution in [2.75, 3.05) is 36.8 Å². The summed E-state index contributed by atoms with van der Waals surface area (Å²) in [4.78, 5) is 40.7. The molecule has 1 fully saturated rings. The van der Waals surface area contributed by atoms with Gasteiger partial charge in [0.1, 0.15) is 6.04 Å². The maximum absolute atomic E-state index is 12.9. The van der Waals surface area contributed by atoms with Crippen LogP contribution in [-0.4, -0.2) is 59.7 Å². The predicted octanol–water partition coefficient (Wildman–Crippen LogP) is 3.11. The van der Waals surface area contributed by atoms with Crippen LogP contribution >= 0.6 is 0 Å². The summed E-state index contributed by atoms with van der Waals surface area (Å²) in [6, 6.07) is 8.50. The van der Waals surface area contributed by atoms with E-state index in [0.717, 1.165) is 23.4 Å². The molecule has 31 heavy (non-hydrogen) atoms. The molecule has 1 atom stereocenters. The molecule has 1 unspecified atom stereocenters. The Morgan fingerprint density at radius 1 is 1.03 bits per heavy atom. The van der Waals surface area contributed by atoms with E-state index in [1.165, 1.54) is 6.26 Å². The first-order chi connectivity index (χ1) is 14.9. The number of piperazine rings is 1. The highest BCUT2D eigenvalue weighted by molar-refractivity contribution is 5.93. The SMILES string of the molecule is CCCC(=O)Nc1cccc(NC(C)C(=O)N2CCN(C(=O)c3ccco3)CC2)c1C. The van der Waals surface area contributed by atoms with E-state index >= 15 is 0 Å². The summed E-state index contributed by atoms with van der Waals surface area (Å²) in [5, 5.41) is 6.20. The molecule has 8 nitrogen and oxygen atoms in total. The molecule has 0 saturated carbocycles. The number of hydrogen-bond acceptors (Lipinski definition) is 5. The Hall–Kier alpha value is -3.29. The van der Waals surface area contributed by atoms with Gasteiger partial charge in [-0.15, -0.1) is 0 Å². The summed E-state index contributed by atoms with van der Waals surface area (Å²) in [6.45, 7) is 7.59. The van der Waals surface area contributed by atoms with Gasteiger partial charge >= 0.3 is 0 Å². The van der Waals surface area contributed by atoms with E-state index in [4.69, 9.17) is 4.42 Å². The van der Waals surface area contributed by atoms with E-state index in [0.29, 0.717) is 38.4 Å². The Kier molecular flexibility index (Phi) is 7.33. The summed E-state index contributed by atoms with van der Waals surface area (Å²) >= 11 is 0. The van der Waals surface area contributed by atoms with Crippen molar-refractivity contribution in [3.8, 4) is 0 Å². The molecule has 3 amide bonds. The lowest BCUT2D eigenvalue weighted by molar-refractivity contribution is -0.133. The maximum Gasteiger partial charge on any atom is 0.289 e. The molecule has 2 N–H and O–H groups in total. The van der Waals surface area contributed by atoms with Crippen LogP contribution in [0, 0.1) is 6.92 Å². The first-order valence-electron chi connectivity index (χ1n) is 10.7. The van der Waals surface area contributed by atoms with Crippen LogP contribution in [0.3, 0.4) is 0 Å². The van der Waals surface area contributed by atoms with Crippen LogP contribution in [0.1, 0.15) is 42.8 Å². The van der Waals surface area contributed by atoms with Gasteiger partial charge in [-0.2, -0.15) is 0 Å². The molecule has 8 heteroatoms. The van der Waals surface area contributed by atoms with Crippen molar-refractivity contribution in [3.05, 3.63) is 47.9 Å². The normalized spacial score (nSPS) is 14.8. The summed E-state index contributed by atoms with van der Waals surface area (Å²) in [5.41, 5.74) is 2.44. The number of nitrogens with one attached hydrogen (secondary N) is 2. The van der Waals surface area contributed by atoms with Crippen LogP contribution in [0.15, 0.2) is 41.0 Å². The van der Waals surface area contributed by atoms with Crippen molar-refractivity contribution in [1.82, 2.24) is 9.80 Å². The highest BCUT2D eigenvalue weighted by atomic mass is 16.3. The molecule has 1 aliphatic heterocycles. The second kappa shape index (κ2) is 10.1. The number of benzene rings is 1. The Morgan fingerprint density at radius 3 is 2.35 bits per heavy atom. The lowest BCUT2D eigenvalue weighted by atomic mass is 10.1. The molecule has 166 valence electrons. The molecule has 0 aliphatic carbocycles. The van der Waals surface area contributed by atoms with Crippen LogP contribution < -0.4 is 10.6 Å². The zero-order chi connectivity index (χ0) is 22.4. The Bertz CT molecular complexity index is 918. The van der Waals surface area contributed by atoms with E-state index in [2.05, 4.69) is 10.6 Å². The van der Waals surface area contributed by atoms with Crippen LogP contribution in [0.2, 0.25) is 0 Å². The number of furan rings is 1. The van der Waals surface area contributed by atoms with Gasteiger partial charge in [-0.3, -0.25) is 14.4 Å². The lowest BCUT2D eigenvalue weighted by Gasteiger charge is -2.35. The predicted molar refractivity (Wildman–Crippen MR) is 119 cm³/mol. The van der Waals surface area contributed by atoms with E-state index < -0.39 is 6.04 Å². The van der Waals surface area contributed by atoms with Crippen LogP contribution in [0.5, 0.6) is 0 Å². The summed E-state index contributed by atoms with van der Waals surface area (Å²) in [7, 11) is 0. The summed E-state index contributed by atoms with van der Waals surface area (Å²) < 4.78 is 5.18. The molecule has 1 aromatic heterocycles. The first kappa shape index (κ1) is 22.4. The minimum atomic E-state index is -0.437. The molecular formula is C23H30N4O4. The molecule has 1 aliphatic rings. The molecule has 1 aromatic carbocycles. The fraction of sp³-hybridized carbons (Fsp3) is 0.435. The van der Waals surface area contributed by atoms with Crippen molar-refractivity contribution >= 4 is 29.1 Å². The highest BCUT2D eigenvalue weighted by Gasteiger charge is 2.28. The molecule has 0 bridgehead atoms. The molecular weight excluding hydrogens is 396 g/mol. The topological polar surface area (TPSA) is 94.9 Å². The number of rotatable bonds is 7. The standard InChI is InChI=1S/C23H30N4O4/c1-4-7-21(28)25-19-9-5-8-18(16(19)2)24-17(3)22(29)26-11-13-27(14-12-26)23(30)20-10-6-15-31-20/h5-6,8-10,15,17,24H,4,7,11-14H2,1-3H3,(H,25,28). The average Bonchev–Trinajstić information content (AvgIpc) is 3.30. The third kappa shape index (κ3) is 5.45. The largest absolute Gasteiger partial charge is 0.459 e. The zero-order valence-corrected chi connectivity index (χ0v) is 18.3. The number of amides is 3. The van der Waals surface area contributed by atoms with Gasteiger partial charge in [0.25, 0.3) is 5.91 Å². The van der Waals surface area contributed by atoms with E-state index in [1.807, 2.05) is 39.0 Å². The van der Waals surface area contributed by atoms with Crippen molar-refractivity contribution in [1.29, 1.82) is 0 Å². The molecule has 3 rings (SSSR count). The third-order valence-electron chi connectivity index (χ3n) is 5.44. The van der Waals surface area contributed by atoms with E-state index in [9.17, 15) is 14.4 Å². The van der Waals surface area contributed by atoms with Crippen molar-refractivity contribution in [3.63, 3.8) is 0 Å². The minimum Gasteiger partial charge on any atom is -0.459 e. The molecule has 0 radical (unpaired) electrons. The number of hydrogen-bond donors (Lipinski definition) is 2. The van der Waals surface area contributed by atoms with E-state index in [-0.39, 0.29) is 17.7 Å².